The van der Waals surface area contributed by atoms with Crippen molar-refractivity contribution in [1.82, 2.24) is 15.3 Å². The van der Waals surface area contributed by atoms with Gasteiger partial charge in [-0.25, -0.2) is 9.97 Å². The number of anilines is 2. The first-order valence-corrected chi connectivity index (χ1v) is 10.8. The Bertz CT molecular complexity index is 911. The van der Waals surface area contributed by atoms with Gasteiger partial charge in [0.15, 0.2) is 11.6 Å². The molecule has 1 aromatic carbocycles. The van der Waals surface area contributed by atoms with Crippen LogP contribution in [-0.4, -0.2) is 61.9 Å². The minimum atomic E-state index is -0.435. The molecule has 0 saturated carbocycles. The van der Waals surface area contributed by atoms with E-state index in [0.717, 1.165) is 17.7 Å². The fourth-order valence-electron chi connectivity index (χ4n) is 3.81. The number of benzene rings is 1. The first-order valence-electron chi connectivity index (χ1n) is 10.8. The van der Waals surface area contributed by atoms with E-state index in [4.69, 9.17) is 9.47 Å². The van der Waals surface area contributed by atoms with Crippen LogP contribution in [0.1, 0.15) is 38.8 Å². The number of amides is 1. The molecule has 9 heteroatoms. The molecule has 0 bridgehead atoms. The predicted molar refractivity (Wildman–Crippen MR) is 122 cm³/mol. The number of hydrogen-bond donors (Lipinski definition) is 1. The molecule has 2 aromatic rings. The summed E-state index contributed by atoms with van der Waals surface area (Å²) in [5.41, 5.74) is 1.00. The maximum Gasteiger partial charge on any atom is 0.217 e. The van der Waals surface area contributed by atoms with Crippen LogP contribution in [0.25, 0.3) is 0 Å². The average Bonchev–Trinajstić information content (AvgIpc) is 3.21. The highest BCUT2D eigenvalue weighted by Crippen LogP contribution is 2.29. The third-order valence-corrected chi connectivity index (χ3v) is 5.70. The number of carbonyl (C=O) groups is 1. The molecular formula is C23H32FN5O3. The molecule has 2 heterocycles. The van der Waals surface area contributed by atoms with Crippen LogP contribution in [-0.2, 0) is 9.53 Å². The third-order valence-electron chi connectivity index (χ3n) is 5.70. The summed E-state index contributed by atoms with van der Waals surface area (Å²) in [4.78, 5) is 23.2. The molecule has 1 aliphatic heterocycles. The van der Waals surface area contributed by atoms with Crippen LogP contribution in [0.4, 0.5) is 16.0 Å². The lowest BCUT2D eigenvalue weighted by Crippen LogP contribution is -2.34. The molecular weight excluding hydrogens is 413 g/mol. The van der Waals surface area contributed by atoms with Crippen molar-refractivity contribution >= 4 is 17.5 Å². The Morgan fingerprint density at radius 3 is 2.69 bits per heavy atom. The van der Waals surface area contributed by atoms with Gasteiger partial charge in [0, 0.05) is 34.0 Å². The molecule has 1 amide bonds. The molecule has 0 unspecified atom stereocenters. The minimum absolute atomic E-state index is 0.0248. The monoisotopic (exact) mass is 445 g/mol. The highest BCUT2D eigenvalue weighted by molar-refractivity contribution is 5.73. The summed E-state index contributed by atoms with van der Waals surface area (Å²) in [6, 6.07) is 7.58. The Hall–Kier alpha value is -2.94. The number of methoxy groups -OCH3 is 1. The van der Waals surface area contributed by atoms with Crippen LogP contribution in [0.5, 0.6) is 5.75 Å². The van der Waals surface area contributed by atoms with Crippen LogP contribution in [0, 0.1) is 5.82 Å². The second kappa shape index (κ2) is 10.6. The number of aromatic nitrogens is 2. The second-order valence-electron chi connectivity index (χ2n) is 8.22. The number of nitrogens with zero attached hydrogens (tertiary/aromatic N) is 4. The van der Waals surface area contributed by atoms with E-state index in [1.807, 2.05) is 43.0 Å². The lowest BCUT2D eigenvalue weighted by atomic mass is 10.1. The number of likely N-dealkylation sites (N-methyl/N-ethyl adjacent to an activating group) is 1. The largest absolute Gasteiger partial charge is 0.489 e. The zero-order chi connectivity index (χ0) is 23.3. The van der Waals surface area contributed by atoms with Crippen LogP contribution in [0.15, 0.2) is 30.6 Å². The van der Waals surface area contributed by atoms with Crippen molar-refractivity contribution in [2.45, 2.75) is 45.4 Å². The van der Waals surface area contributed by atoms with Crippen LogP contribution >= 0.6 is 0 Å². The summed E-state index contributed by atoms with van der Waals surface area (Å²) >= 11 is 0. The van der Waals surface area contributed by atoms with Gasteiger partial charge in [0.25, 0.3) is 0 Å². The van der Waals surface area contributed by atoms with E-state index in [-0.39, 0.29) is 35.7 Å². The Kier molecular flexibility index (Phi) is 7.84. The van der Waals surface area contributed by atoms with Crippen LogP contribution in [0.2, 0.25) is 0 Å². The smallest absolute Gasteiger partial charge is 0.217 e. The normalized spacial score (nSPS) is 17.7. The fraction of sp³-hybridized carbons (Fsp3) is 0.522. The summed E-state index contributed by atoms with van der Waals surface area (Å²) in [6.07, 6.45) is 2.09. The van der Waals surface area contributed by atoms with E-state index in [0.29, 0.717) is 19.7 Å². The quantitative estimate of drug-likeness (QED) is 0.636. The van der Waals surface area contributed by atoms with Crippen LogP contribution < -0.4 is 19.9 Å². The van der Waals surface area contributed by atoms with Gasteiger partial charge in [0.1, 0.15) is 18.2 Å². The fourth-order valence-corrected chi connectivity index (χ4v) is 3.81. The molecule has 0 radical (unpaired) electrons. The standard InChI is InChI=1S/C23H32FN5O3/c1-15(13-31-5)28(4)22-21(24)23(26-14-25-22)29-11-10-20(12-29)32-19-8-6-18(7-9-19)16(2)27-17(3)30/h6-9,14-16,20H,10-13H2,1-5H3,(H,27,30)/t15-,16-,20+/m0/s1. The number of rotatable bonds is 9. The second-order valence-corrected chi connectivity index (χ2v) is 8.22. The summed E-state index contributed by atoms with van der Waals surface area (Å²) in [7, 11) is 3.42. The molecule has 32 heavy (non-hydrogen) atoms. The van der Waals surface area contributed by atoms with E-state index in [2.05, 4.69) is 15.3 Å². The van der Waals surface area contributed by atoms with Gasteiger partial charge < -0.3 is 24.6 Å². The number of nitrogens with one attached hydrogen (secondary N) is 1. The molecule has 3 atom stereocenters. The average molecular weight is 446 g/mol. The molecule has 1 aromatic heterocycles. The maximum absolute atomic E-state index is 15.2. The molecule has 3 rings (SSSR count). The lowest BCUT2D eigenvalue weighted by molar-refractivity contribution is -0.119. The maximum atomic E-state index is 15.2. The summed E-state index contributed by atoms with van der Waals surface area (Å²) in [5.74, 6) is 0.788. The number of ether oxygens (including phenoxy) is 2. The Labute approximate surface area is 188 Å². The van der Waals surface area contributed by atoms with E-state index < -0.39 is 5.82 Å². The van der Waals surface area contributed by atoms with Crippen molar-refractivity contribution in [3.63, 3.8) is 0 Å². The molecule has 1 aliphatic rings. The topological polar surface area (TPSA) is 79.8 Å². The summed E-state index contributed by atoms with van der Waals surface area (Å²) in [5, 5.41) is 2.86. The zero-order valence-corrected chi connectivity index (χ0v) is 19.3. The Morgan fingerprint density at radius 1 is 1.31 bits per heavy atom. The Balaban J connectivity index is 1.63. The molecule has 8 nitrogen and oxygen atoms in total. The van der Waals surface area contributed by atoms with Gasteiger partial charge in [-0.05, 0) is 31.5 Å². The number of hydrogen-bond acceptors (Lipinski definition) is 7. The van der Waals surface area contributed by atoms with Crippen LogP contribution in [0.3, 0.4) is 0 Å². The Morgan fingerprint density at radius 2 is 2.03 bits per heavy atom. The van der Waals surface area contributed by atoms with Crippen molar-refractivity contribution in [2.24, 2.45) is 0 Å². The minimum Gasteiger partial charge on any atom is -0.489 e. The summed E-state index contributed by atoms with van der Waals surface area (Å²) < 4.78 is 26.5. The van der Waals surface area contributed by atoms with Gasteiger partial charge >= 0.3 is 0 Å². The van der Waals surface area contributed by atoms with Crippen molar-refractivity contribution < 1.29 is 18.7 Å². The van der Waals surface area contributed by atoms with E-state index >= 15 is 4.39 Å². The third kappa shape index (κ3) is 5.64. The lowest BCUT2D eigenvalue weighted by Gasteiger charge is -2.27. The first kappa shape index (κ1) is 23.7. The highest BCUT2D eigenvalue weighted by Gasteiger charge is 2.29. The molecule has 0 spiro atoms. The number of carbonyl (C=O) groups excluding carboxylic acids is 1. The SMILES string of the molecule is COC[C@H](C)N(C)c1ncnc(N2CC[C@@H](Oc3ccc([C@H](C)NC(C)=O)cc3)C2)c1F. The van der Waals surface area contributed by atoms with Crippen molar-refractivity contribution in [3.05, 3.63) is 42.0 Å². The van der Waals surface area contributed by atoms with Gasteiger partial charge in [-0.2, -0.15) is 4.39 Å². The molecule has 1 N–H and O–H groups in total. The zero-order valence-electron chi connectivity index (χ0n) is 19.3. The molecule has 1 fully saturated rings. The van der Waals surface area contributed by atoms with Gasteiger partial charge in [-0.1, -0.05) is 12.1 Å². The van der Waals surface area contributed by atoms with Gasteiger partial charge in [-0.15, -0.1) is 0 Å². The van der Waals surface area contributed by atoms with E-state index in [1.165, 1.54) is 13.3 Å². The highest BCUT2D eigenvalue weighted by atomic mass is 19.1. The predicted octanol–water partition coefficient (Wildman–Crippen LogP) is 2.94. The van der Waals surface area contributed by atoms with Crippen molar-refractivity contribution in [3.8, 4) is 5.75 Å². The van der Waals surface area contributed by atoms with E-state index in [1.54, 1.807) is 19.1 Å². The molecule has 0 aliphatic carbocycles. The number of halogens is 1. The van der Waals surface area contributed by atoms with Gasteiger partial charge in [0.2, 0.25) is 11.7 Å². The van der Waals surface area contributed by atoms with Crippen molar-refractivity contribution in [1.29, 1.82) is 0 Å². The van der Waals surface area contributed by atoms with Gasteiger partial charge in [-0.3, -0.25) is 4.79 Å². The summed E-state index contributed by atoms with van der Waals surface area (Å²) in [6.45, 7) is 7.04. The first-order chi connectivity index (χ1) is 15.3. The van der Waals surface area contributed by atoms with Crippen molar-refractivity contribution in [2.75, 3.05) is 43.7 Å². The molecule has 1 saturated heterocycles. The van der Waals surface area contributed by atoms with E-state index in [9.17, 15) is 4.79 Å². The molecule has 174 valence electrons. The van der Waals surface area contributed by atoms with Gasteiger partial charge in [0.05, 0.1) is 25.2 Å².